The number of halogens is 1. The lowest BCUT2D eigenvalue weighted by atomic mass is 9.87. The van der Waals surface area contributed by atoms with Crippen LogP contribution in [0.3, 0.4) is 0 Å². The number of methoxy groups -OCH3 is 1. The number of rotatable bonds is 7. The lowest BCUT2D eigenvalue weighted by Crippen LogP contribution is -2.45. The molecule has 4 amide bonds. The first-order valence-electron chi connectivity index (χ1n) is 9.58. The second-order valence-electron chi connectivity index (χ2n) is 7.15. The van der Waals surface area contributed by atoms with Gasteiger partial charge in [0.05, 0.1) is 7.11 Å². The van der Waals surface area contributed by atoms with Gasteiger partial charge in [-0.3, -0.25) is 14.5 Å². The molecule has 0 bridgehead atoms. The molecule has 0 aromatic heterocycles. The standard InChI is InChI=1S/C22H24FN3O4/c1-4-22(16-9-11-17(30-3)12-10-16)20(28)26(21(29)24-22)14-19(27)25(2)13-15-7-5-6-8-18(15)23/h5-12H,4,13-14H2,1-3H3,(H,24,29)/t22-/m1/s1. The molecule has 7 nitrogen and oxygen atoms in total. The van der Waals surface area contributed by atoms with Gasteiger partial charge in [-0.25, -0.2) is 9.18 Å². The molecule has 2 aromatic carbocycles. The molecule has 1 atom stereocenters. The van der Waals surface area contributed by atoms with E-state index in [0.717, 1.165) is 4.90 Å². The normalized spacial score (nSPS) is 18.3. The van der Waals surface area contributed by atoms with E-state index in [1.165, 1.54) is 25.1 Å². The molecule has 30 heavy (non-hydrogen) atoms. The third-order valence-corrected chi connectivity index (χ3v) is 5.37. The Labute approximate surface area is 174 Å². The lowest BCUT2D eigenvalue weighted by molar-refractivity contribution is -0.138. The number of nitrogens with zero attached hydrogens (tertiary/aromatic N) is 2. The molecule has 1 heterocycles. The Kier molecular flexibility index (Phi) is 6.05. The van der Waals surface area contributed by atoms with Crippen LogP contribution in [0.5, 0.6) is 5.75 Å². The van der Waals surface area contributed by atoms with E-state index in [1.54, 1.807) is 49.4 Å². The van der Waals surface area contributed by atoms with E-state index >= 15 is 0 Å². The van der Waals surface area contributed by atoms with Crippen molar-refractivity contribution < 1.29 is 23.5 Å². The molecule has 3 rings (SSSR count). The average Bonchev–Trinajstić information content (AvgIpc) is 3.00. The van der Waals surface area contributed by atoms with E-state index in [-0.39, 0.29) is 6.54 Å². The predicted octanol–water partition coefficient (Wildman–Crippen LogP) is 2.65. The summed E-state index contributed by atoms with van der Waals surface area (Å²) in [7, 11) is 3.04. The van der Waals surface area contributed by atoms with Crippen molar-refractivity contribution in [1.29, 1.82) is 0 Å². The molecule has 1 saturated heterocycles. The number of benzene rings is 2. The fraction of sp³-hybridized carbons (Fsp3) is 0.318. The van der Waals surface area contributed by atoms with E-state index in [9.17, 15) is 18.8 Å². The summed E-state index contributed by atoms with van der Waals surface area (Å²) in [6.45, 7) is 1.40. The van der Waals surface area contributed by atoms with Gasteiger partial charge in [0.2, 0.25) is 5.91 Å². The Morgan fingerprint density at radius 1 is 1.17 bits per heavy atom. The fourth-order valence-corrected chi connectivity index (χ4v) is 3.51. The Morgan fingerprint density at radius 3 is 2.43 bits per heavy atom. The molecule has 0 unspecified atom stereocenters. The number of carbonyl (C=O) groups is 3. The second-order valence-corrected chi connectivity index (χ2v) is 7.15. The Morgan fingerprint density at radius 2 is 1.83 bits per heavy atom. The summed E-state index contributed by atoms with van der Waals surface area (Å²) in [5.41, 5.74) is -0.279. The molecule has 0 saturated carbocycles. The summed E-state index contributed by atoms with van der Waals surface area (Å²) in [6.07, 6.45) is 0.319. The number of hydrogen-bond donors (Lipinski definition) is 1. The number of ether oxygens (including phenoxy) is 1. The highest BCUT2D eigenvalue weighted by molar-refractivity contribution is 6.09. The molecule has 2 aromatic rings. The van der Waals surface area contributed by atoms with Crippen molar-refractivity contribution >= 4 is 17.8 Å². The van der Waals surface area contributed by atoms with Gasteiger partial charge < -0.3 is 15.0 Å². The molecule has 1 aliphatic rings. The molecule has 1 fully saturated rings. The van der Waals surface area contributed by atoms with Crippen molar-refractivity contribution in [2.45, 2.75) is 25.4 Å². The summed E-state index contributed by atoms with van der Waals surface area (Å²) in [4.78, 5) is 40.6. The topological polar surface area (TPSA) is 79.0 Å². The van der Waals surface area contributed by atoms with Crippen molar-refractivity contribution in [1.82, 2.24) is 15.1 Å². The van der Waals surface area contributed by atoms with E-state index in [4.69, 9.17) is 4.74 Å². The Balaban J connectivity index is 1.76. The van der Waals surface area contributed by atoms with Gasteiger partial charge in [0.15, 0.2) is 0 Å². The zero-order valence-corrected chi connectivity index (χ0v) is 17.1. The zero-order valence-electron chi connectivity index (χ0n) is 17.1. The predicted molar refractivity (Wildman–Crippen MR) is 108 cm³/mol. The van der Waals surface area contributed by atoms with Crippen LogP contribution in [-0.4, -0.2) is 48.3 Å². The monoisotopic (exact) mass is 413 g/mol. The molecular weight excluding hydrogens is 389 g/mol. The van der Waals surface area contributed by atoms with E-state index in [2.05, 4.69) is 5.32 Å². The van der Waals surface area contributed by atoms with E-state index < -0.39 is 35.7 Å². The van der Waals surface area contributed by atoms with Gasteiger partial charge in [0.1, 0.15) is 23.7 Å². The summed E-state index contributed by atoms with van der Waals surface area (Å²) in [5.74, 6) is -0.753. The first-order chi connectivity index (χ1) is 14.3. The highest BCUT2D eigenvalue weighted by Gasteiger charge is 2.51. The van der Waals surface area contributed by atoms with Gasteiger partial charge in [0, 0.05) is 19.2 Å². The van der Waals surface area contributed by atoms with Crippen molar-refractivity contribution in [2.24, 2.45) is 0 Å². The van der Waals surface area contributed by atoms with Crippen LogP contribution in [0, 0.1) is 5.82 Å². The third kappa shape index (κ3) is 3.85. The Bertz CT molecular complexity index is 963. The van der Waals surface area contributed by atoms with E-state index in [1.807, 2.05) is 0 Å². The zero-order chi connectivity index (χ0) is 21.9. The van der Waals surface area contributed by atoms with Gasteiger partial charge in [-0.05, 0) is 30.2 Å². The van der Waals surface area contributed by atoms with Crippen LogP contribution in [-0.2, 0) is 21.7 Å². The molecule has 1 N–H and O–H groups in total. The maximum absolute atomic E-state index is 13.9. The number of urea groups is 1. The van der Waals surface area contributed by atoms with Crippen molar-refractivity contribution in [3.05, 3.63) is 65.5 Å². The van der Waals surface area contributed by atoms with Gasteiger partial charge in [-0.1, -0.05) is 37.3 Å². The highest BCUT2D eigenvalue weighted by atomic mass is 19.1. The second kappa shape index (κ2) is 8.52. The first-order valence-corrected chi connectivity index (χ1v) is 9.58. The van der Waals surface area contributed by atoms with Crippen LogP contribution < -0.4 is 10.1 Å². The van der Waals surface area contributed by atoms with Crippen molar-refractivity contribution in [2.75, 3.05) is 20.7 Å². The molecule has 158 valence electrons. The van der Waals surface area contributed by atoms with Crippen LogP contribution >= 0.6 is 0 Å². The summed E-state index contributed by atoms with van der Waals surface area (Å²) in [5, 5.41) is 2.74. The fourth-order valence-electron chi connectivity index (χ4n) is 3.51. The number of carbonyl (C=O) groups excluding carboxylic acids is 3. The van der Waals surface area contributed by atoms with Gasteiger partial charge >= 0.3 is 6.03 Å². The number of hydrogen-bond acceptors (Lipinski definition) is 4. The van der Waals surface area contributed by atoms with Crippen molar-refractivity contribution in [3.63, 3.8) is 0 Å². The summed E-state index contributed by atoms with van der Waals surface area (Å²) >= 11 is 0. The summed E-state index contributed by atoms with van der Waals surface area (Å²) in [6, 6.07) is 12.4. The van der Waals surface area contributed by atoms with Crippen LogP contribution in [0.1, 0.15) is 24.5 Å². The van der Waals surface area contributed by atoms with Gasteiger partial charge in [0.25, 0.3) is 5.91 Å². The average molecular weight is 413 g/mol. The summed E-state index contributed by atoms with van der Waals surface area (Å²) < 4.78 is 19.0. The number of imide groups is 1. The van der Waals surface area contributed by atoms with Crippen LogP contribution in [0.15, 0.2) is 48.5 Å². The number of likely N-dealkylation sites (N-methyl/N-ethyl adjacent to an activating group) is 1. The van der Waals surface area contributed by atoms with E-state index in [0.29, 0.717) is 23.3 Å². The number of amides is 4. The van der Waals surface area contributed by atoms with Gasteiger partial charge in [-0.2, -0.15) is 0 Å². The van der Waals surface area contributed by atoms with Crippen LogP contribution in [0.4, 0.5) is 9.18 Å². The molecule has 0 aliphatic carbocycles. The van der Waals surface area contributed by atoms with Gasteiger partial charge in [-0.15, -0.1) is 0 Å². The first kappa shape index (κ1) is 21.3. The lowest BCUT2D eigenvalue weighted by Gasteiger charge is -2.26. The maximum atomic E-state index is 13.9. The molecule has 8 heteroatoms. The third-order valence-electron chi connectivity index (χ3n) is 5.37. The smallest absolute Gasteiger partial charge is 0.325 e. The Hall–Kier alpha value is -3.42. The molecular formula is C22H24FN3O4. The quantitative estimate of drug-likeness (QED) is 0.708. The molecule has 0 radical (unpaired) electrons. The van der Waals surface area contributed by atoms with Crippen molar-refractivity contribution in [3.8, 4) is 5.75 Å². The minimum Gasteiger partial charge on any atom is -0.497 e. The molecule has 0 spiro atoms. The minimum absolute atomic E-state index is 0.0343. The SMILES string of the molecule is CC[C@]1(c2ccc(OC)cc2)NC(=O)N(CC(=O)N(C)Cc2ccccc2F)C1=O. The van der Waals surface area contributed by atoms with Crippen LogP contribution in [0.2, 0.25) is 0 Å². The minimum atomic E-state index is -1.24. The largest absolute Gasteiger partial charge is 0.497 e. The maximum Gasteiger partial charge on any atom is 0.325 e. The number of nitrogens with one attached hydrogen (secondary N) is 1. The van der Waals surface area contributed by atoms with Crippen LogP contribution in [0.25, 0.3) is 0 Å². The highest BCUT2D eigenvalue weighted by Crippen LogP contribution is 2.33. The molecule has 1 aliphatic heterocycles.